The van der Waals surface area contributed by atoms with E-state index >= 15 is 0 Å². The molecule has 0 aliphatic carbocycles. The van der Waals surface area contributed by atoms with Crippen LogP contribution in [0.3, 0.4) is 0 Å². The fourth-order valence-corrected chi connectivity index (χ4v) is 3.36. The van der Waals surface area contributed by atoms with Gasteiger partial charge in [-0.2, -0.15) is 0 Å². The van der Waals surface area contributed by atoms with Crippen LogP contribution in [0, 0.1) is 5.92 Å². The van der Waals surface area contributed by atoms with Crippen LogP contribution in [-0.2, 0) is 11.3 Å². The average Bonchev–Trinajstić information content (AvgIpc) is 2.76. The van der Waals surface area contributed by atoms with Crippen LogP contribution in [0.4, 0.5) is 0 Å². The molecule has 0 spiro atoms. The molecule has 1 aromatic carbocycles. The van der Waals surface area contributed by atoms with E-state index in [0.29, 0.717) is 12.0 Å². The molecule has 2 aromatic rings. The monoisotopic (exact) mass is 306 g/mol. The smallest absolute Gasteiger partial charge is 0.0705 e. The van der Waals surface area contributed by atoms with E-state index in [1.807, 2.05) is 12.1 Å². The largest absolute Gasteiger partial charge is 0.376 e. The highest BCUT2D eigenvalue weighted by atomic mass is 35.5. The van der Waals surface area contributed by atoms with E-state index in [2.05, 4.69) is 35.9 Å². The van der Waals surface area contributed by atoms with Gasteiger partial charge in [0.2, 0.25) is 0 Å². The second kappa shape index (κ2) is 6.39. The van der Waals surface area contributed by atoms with Crippen molar-refractivity contribution < 1.29 is 4.74 Å². The second-order valence-electron chi connectivity index (χ2n) is 6.32. The summed E-state index contributed by atoms with van der Waals surface area (Å²) in [6, 6.07) is 8.20. The highest BCUT2D eigenvalue weighted by Crippen LogP contribution is 2.28. The molecule has 0 unspecified atom stereocenters. The molecule has 3 rings (SSSR count). The molecule has 3 nitrogen and oxygen atoms in total. The summed E-state index contributed by atoms with van der Waals surface area (Å²) in [6.07, 6.45) is 1.47. The number of nitrogens with one attached hydrogen (secondary N) is 1. The summed E-state index contributed by atoms with van der Waals surface area (Å²) in [7, 11) is 0. The van der Waals surface area contributed by atoms with E-state index in [0.717, 1.165) is 54.3 Å². The summed E-state index contributed by atoms with van der Waals surface area (Å²) in [5, 5.41) is 1.97. The third-order valence-electron chi connectivity index (χ3n) is 4.05. The van der Waals surface area contributed by atoms with Gasteiger partial charge in [-0.25, -0.2) is 0 Å². The highest BCUT2D eigenvalue weighted by molar-refractivity contribution is 6.36. The van der Waals surface area contributed by atoms with Crippen molar-refractivity contribution in [3.63, 3.8) is 0 Å². The van der Waals surface area contributed by atoms with E-state index in [4.69, 9.17) is 16.3 Å². The van der Waals surface area contributed by atoms with Crippen molar-refractivity contribution in [2.24, 2.45) is 5.92 Å². The number of para-hydroxylation sites is 1. The molecule has 4 heteroatoms. The van der Waals surface area contributed by atoms with Crippen LogP contribution in [0.5, 0.6) is 0 Å². The first-order valence-electron chi connectivity index (χ1n) is 7.72. The zero-order valence-electron chi connectivity index (χ0n) is 12.7. The van der Waals surface area contributed by atoms with Crippen molar-refractivity contribution in [3.05, 3.63) is 35.0 Å². The standard InChI is InChI=1S/C17H23ClN2O/c1-12(2)9-13-10-20(7-8-21-13)11-16-17(18)14-5-3-4-6-15(14)19-16/h3-6,12-13,19H,7-11H2,1-2H3/t13-/m1/s1. The summed E-state index contributed by atoms with van der Waals surface area (Å²) in [5.41, 5.74) is 2.23. The summed E-state index contributed by atoms with van der Waals surface area (Å²) in [6.45, 7) is 8.14. The maximum Gasteiger partial charge on any atom is 0.0705 e. The summed E-state index contributed by atoms with van der Waals surface area (Å²) in [5.74, 6) is 0.673. The van der Waals surface area contributed by atoms with Crippen molar-refractivity contribution in [1.29, 1.82) is 0 Å². The highest BCUT2D eigenvalue weighted by Gasteiger charge is 2.22. The van der Waals surface area contributed by atoms with Gasteiger partial charge < -0.3 is 9.72 Å². The molecule has 2 heterocycles. The Kier molecular flexibility index (Phi) is 4.53. The van der Waals surface area contributed by atoms with Crippen LogP contribution < -0.4 is 0 Å². The lowest BCUT2D eigenvalue weighted by Gasteiger charge is -2.33. The van der Waals surface area contributed by atoms with E-state index in [9.17, 15) is 0 Å². The Balaban J connectivity index is 1.71. The Morgan fingerprint density at radius 1 is 1.38 bits per heavy atom. The lowest BCUT2D eigenvalue weighted by molar-refractivity contribution is -0.0402. The molecular formula is C17H23ClN2O. The number of rotatable bonds is 4. The number of aromatic amines is 1. The van der Waals surface area contributed by atoms with Gasteiger partial charge in [0.25, 0.3) is 0 Å². The number of halogens is 1. The van der Waals surface area contributed by atoms with E-state index in [1.165, 1.54) is 0 Å². The topological polar surface area (TPSA) is 28.3 Å². The van der Waals surface area contributed by atoms with Crippen LogP contribution in [-0.4, -0.2) is 35.7 Å². The Hall–Kier alpha value is -1.03. The fraction of sp³-hybridized carbons (Fsp3) is 0.529. The van der Waals surface area contributed by atoms with E-state index in [-0.39, 0.29) is 0 Å². The minimum Gasteiger partial charge on any atom is -0.376 e. The Morgan fingerprint density at radius 2 is 2.19 bits per heavy atom. The Bertz CT molecular complexity index is 608. The minimum absolute atomic E-state index is 0.349. The summed E-state index contributed by atoms with van der Waals surface area (Å²) >= 11 is 6.51. The van der Waals surface area contributed by atoms with Crippen LogP contribution in [0.15, 0.2) is 24.3 Å². The fourth-order valence-electron chi connectivity index (χ4n) is 3.09. The van der Waals surface area contributed by atoms with Gasteiger partial charge in [-0.3, -0.25) is 4.90 Å². The van der Waals surface area contributed by atoms with Crippen LogP contribution in [0.2, 0.25) is 5.02 Å². The van der Waals surface area contributed by atoms with Gasteiger partial charge in [0.15, 0.2) is 0 Å². The second-order valence-corrected chi connectivity index (χ2v) is 6.70. The van der Waals surface area contributed by atoms with Crippen molar-refractivity contribution in [2.45, 2.75) is 32.9 Å². The molecule has 1 N–H and O–H groups in total. The predicted octanol–water partition coefficient (Wildman–Crippen LogP) is 4.07. The molecular weight excluding hydrogens is 284 g/mol. The number of H-pyrrole nitrogens is 1. The maximum atomic E-state index is 6.51. The average molecular weight is 307 g/mol. The third kappa shape index (κ3) is 3.42. The molecule has 1 aliphatic rings. The lowest BCUT2D eigenvalue weighted by Crippen LogP contribution is -2.42. The third-order valence-corrected chi connectivity index (χ3v) is 4.48. The molecule has 0 bridgehead atoms. The number of morpholine rings is 1. The van der Waals surface area contributed by atoms with Gasteiger partial charge in [0, 0.05) is 36.2 Å². The van der Waals surface area contributed by atoms with Gasteiger partial charge >= 0.3 is 0 Å². The lowest BCUT2D eigenvalue weighted by atomic mass is 10.0. The molecule has 1 atom stereocenters. The molecule has 0 amide bonds. The molecule has 0 radical (unpaired) electrons. The summed E-state index contributed by atoms with van der Waals surface area (Å²) in [4.78, 5) is 5.89. The number of aromatic nitrogens is 1. The first kappa shape index (κ1) is 14.9. The molecule has 1 aromatic heterocycles. The maximum absolute atomic E-state index is 6.51. The van der Waals surface area contributed by atoms with Gasteiger partial charge in [0.05, 0.1) is 17.7 Å². The van der Waals surface area contributed by atoms with Crippen LogP contribution in [0.1, 0.15) is 26.0 Å². The predicted molar refractivity (Wildman–Crippen MR) is 87.8 cm³/mol. The van der Waals surface area contributed by atoms with Crippen molar-refractivity contribution in [2.75, 3.05) is 19.7 Å². The number of hydrogen-bond acceptors (Lipinski definition) is 2. The number of hydrogen-bond donors (Lipinski definition) is 1. The molecule has 114 valence electrons. The SMILES string of the molecule is CC(C)C[C@@H]1CN(Cc2[nH]c3ccccc3c2Cl)CCO1. The number of ether oxygens (including phenoxy) is 1. The molecule has 1 fully saturated rings. The zero-order valence-corrected chi connectivity index (χ0v) is 13.5. The normalized spacial score (nSPS) is 20.5. The van der Waals surface area contributed by atoms with Gasteiger partial charge in [-0.15, -0.1) is 0 Å². The number of fused-ring (bicyclic) bond motifs is 1. The first-order valence-corrected chi connectivity index (χ1v) is 8.10. The number of nitrogens with zero attached hydrogens (tertiary/aromatic N) is 1. The van der Waals surface area contributed by atoms with Gasteiger partial charge in [-0.1, -0.05) is 43.6 Å². The first-order chi connectivity index (χ1) is 10.1. The molecule has 1 saturated heterocycles. The van der Waals surface area contributed by atoms with Crippen molar-refractivity contribution >= 4 is 22.5 Å². The van der Waals surface area contributed by atoms with E-state index < -0.39 is 0 Å². The quantitative estimate of drug-likeness (QED) is 0.922. The zero-order chi connectivity index (χ0) is 14.8. The van der Waals surface area contributed by atoms with E-state index in [1.54, 1.807) is 0 Å². The van der Waals surface area contributed by atoms with Gasteiger partial charge in [-0.05, 0) is 18.4 Å². The minimum atomic E-state index is 0.349. The molecule has 21 heavy (non-hydrogen) atoms. The molecule has 0 saturated carbocycles. The van der Waals surface area contributed by atoms with Crippen molar-refractivity contribution in [3.8, 4) is 0 Å². The van der Waals surface area contributed by atoms with Gasteiger partial charge in [0.1, 0.15) is 0 Å². The Morgan fingerprint density at radius 3 is 2.95 bits per heavy atom. The van der Waals surface area contributed by atoms with Crippen LogP contribution >= 0.6 is 11.6 Å². The number of benzene rings is 1. The summed E-state index contributed by atoms with van der Waals surface area (Å²) < 4.78 is 5.86. The molecule has 1 aliphatic heterocycles. The van der Waals surface area contributed by atoms with Crippen LogP contribution in [0.25, 0.3) is 10.9 Å². The Labute approximate surface area is 131 Å². The van der Waals surface area contributed by atoms with Crippen molar-refractivity contribution in [1.82, 2.24) is 9.88 Å².